The summed E-state index contributed by atoms with van der Waals surface area (Å²) in [4.78, 5) is 16.7. The number of aryl methyl sites for hydroxylation is 1. The van der Waals surface area contributed by atoms with Crippen molar-refractivity contribution in [1.82, 2.24) is 9.55 Å². The molecule has 0 spiro atoms. The van der Waals surface area contributed by atoms with Crippen LogP contribution in [-0.4, -0.2) is 21.3 Å². The van der Waals surface area contributed by atoms with E-state index in [-0.39, 0.29) is 12.2 Å². The topological polar surface area (TPSA) is 55.1 Å². The fourth-order valence-corrected chi connectivity index (χ4v) is 2.11. The average molecular weight is 258 g/mol. The van der Waals surface area contributed by atoms with Crippen molar-refractivity contribution in [2.24, 2.45) is 0 Å². The third-order valence-corrected chi connectivity index (χ3v) is 3.26. The van der Waals surface area contributed by atoms with Crippen molar-refractivity contribution in [1.29, 1.82) is 0 Å². The van der Waals surface area contributed by atoms with Gasteiger partial charge in [-0.2, -0.15) is 0 Å². The Bertz CT molecular complexity index is 618. The molecule has 0 radical (unpaired) electrons. The molecule has 0 bridgehead atoms. The Morgan fingerprint density at radius 2 is 1.89 bits per heavy atom. The van der Waals surface area contributed by atoms with Crippen molar-refractivity contribution in [2.45, 2.75) is 26.8 Å². The average Bonchev–Trinajstić information content (AvgIpc) is 2.42. The summed E-state index contributed by atoms with van der Waals surface area (Å²) in [6, 6.07) is 9.80. The predicted octanol–water partition coefficient (Wildman–Crippen LogP) is 1.44. The SMILES string of the molecule is Cc1nc(Cc2ccccc2)c(=O)n(CCO)c1C. The smallest absolute Gasteiger partial charge is 0.272 e. The first-order valence-corrected chi connectivity index (χ1v) is 6.35. The Hall–Kier alpha value is -1.94. The van der Waals surface area contributed by atoms with Gasteiger partial charge >= 0.3 is 0 Å². The van der Waals surface area contributed by atoms with E-state index < -0.39 is 0 Å². The molecule has 0 atom stereocenters. The second-order valence-corrected chi connectivity index (χ2v) is 4.57. The molecule has 0 aliphatic carbocycles. The summed E-state index contributed by atoms with van der Waals surface area (Å²) in [6.07, 6.45) is 0.520. The summed E-state index contributed by atoms with van der Waals surface area (Å²) >= 11 is 0. The van der Waals surface area contributed by atoms with Gasteiger partial charge in [0.15, 0.2) is 0 Å². The molecule has 0 aliphatic heterocycles. The Morgan fingerprint density at radius 3 is 2.53 bits per heavy atom. The van der Waals surface area contributed by atoms with Crippen LogP contribution in [0.4, 0.5) is 0 Å². The van der Waals surface area contributed by atoms with Crippen LogP contribution >= 0.6 is 0 Å². The van der Waals surface area contributed by atoms with Crippen molar-refractivity contribution >= 4 is 0 Å². The molecule has 0 saturated carbocycles. The molecule has 0 amide bonds. The highest BCUT2D eigenvalue weighted by Gasteiger charge is 2.11. The van der Waals surface area contributed by atoms with Crippen LogP contribution in [0.15, 0.2) is 35.1 Å². The van der Waals surface area contributed by atoms with Crippen LogP contribution < -0.4 is 5.56 Å². The van der Waals surface area contributed by atoms with Gasteiger partial charge in [-0.3, -0.25) is 9.78 Å². The van der Waals surface area contributed by atoms with Crippen LogP contribution in [0, 0.1) is 13.8 Å². The second kappa shape index (κ2) is 5.80. The Balaban J connectivity index is 2.44. The summed E-state index contributed by atoms with van der Waals surface area (Å²) in [6.45, 7) is 4.01. The Morgan fingerprint density at radius 1 is 1.21 bits per heavy atom. The minimum atomic E-state index is -0.110. The lowest BCUT2D eigenvalue weighted by Gasteiger charge is -2.12. The third-order valence-electron chi connectivity index (χ3n) is 3.26. The lowest BCUT2D eigenvalue weighted by Crippen LogP contribution is -2.29. The fraction of sp³-hybridized carbons (Fsp3) is 0.333. The number of aliphatic hydroxyl groups excluding tert-OH is 1. The zero-order valence-electron chi connectivity index (χ0n) is 11.3. The van der Waals surface area contributed by atoms with Crippen LogP contribution in [0.25, 0.3) is 0 Å². The van der Waals surface area contributed by atoms with Gasteiger partial charge in [0, 0.05) is 18.7 Å². The van der Waals surface area contributed by atoms with E-state index in [9.17, 15) is 4.79 Å². The van der Waals surface area contributed by atoms with E-state index in [1.165, 1.54) is 0 Å². The number of rotatable bonds is 4. The van der Waals surface area contributed by atoms with E-state index in [0.717, 1.165) is 17.0 Å². The van der Waals surface area contributed by atoms with Crippen LogP contribution in [0.5, 0.6) is 0 Å². The van der Waals surface area contributed by atoms with Gasteiger partial charge in [0.05, 0.1) is 12.3 Å². The number of hydrogen-bond acceptors (Lipinski definition) is 3. The molecule has 2 aromatic rings. The highest BCUT2D eigenvalue weighted by molar-refractivity contribution is 5.22. The number of benzene rings is 1. The molecule has 0 aliphatic rings. The monoisotopic (exact) mass is 258 g/mol. The van der Waals surface area contributed by atoms with Crippen molar-refractivity contribution < 1.29 is 5.11 Å². The first kappa shape index (κ1) is 13.5. The van der Waals surface area contributed by atoms with Crippen LogP contribution in [0.2, 0.25) is 0 Å². The molecule has 19 heavy (non-hydrogen) atoms. The van der Waals surface area contributed by atoms with Gasteiger partial charge in [0.2, 0.25) is 0 Å². The summed E-state index contributed by atoms with van der Waals surface area (Å²) in [5, 5.41) is 9.06. The standard InChI is InChI=1S/C15H18N2O2/c1-11-12(2)17(8-9-18)15(19)14(16-11)10-13-6-4-3-5-7-13/h3-7,18H,8-10H2,1-2H3. The molecular weight excluding hydrogens is 240 g/mol. The van der Waals surface area contributed by atoms with Gasteiger partial charge in [-0.05, 0) is 19.4 Å². The molecule has 1 aromatic carbocycles. The van der Waals surface area contributed by atoms with Crippen molar-refractivity contribution in [2.75, 3.05) is 6.61 Å². The Labute approximate surface area is 112 Å². The first-order valence-electron chi connectivity index (χ1n) is 6.35. The minimum Gasteiger partial charge on any atom is -0.395 e. The van der Waals surface area contributed by atoms with Gasteiger partial charge in [-0.1, -0.05) is 30.3 Å². The van der Waals surface area contributed by atoms with Gasteiger partial charge in [-0.25, -0.2) is 0 Å². The quantitative estimate of drug-likeness (QED) is 0.903. The van der Waals surface area contributed by atoms with Gasteiger partial charge in [0.25, 0.3) is 5.56 Å². The second-order valence-electron chi connectivity index (χ2n) is 4.57. The fourth-order valence-electron chi connectivity index (χ4n) is 2.11. The maximum Gasteiger partial charge on any atom is 0.272 e. The van der Waals surface area contributed by atoms with E-state index in [4.69, 9.17) is 5.11 Å². The van der Waals surface area contributed by atoms with Crippen LogP contribution in [0.1, 0.15) is 22.6 Å². The Kier molecular flexibility index (Phi) is 4.12. The number of aromatic nitrogens is 2. The van der Waals surface area contributed by atoms with Crippen molar-refractivity contribution in [3.05, 3.63) is 63.3 Å². The molecular formula is C15H18N2O2. The lowest BCUT2D eigenvalue weighted by atomic mass is 10.1. The normalized spacial score (nSPS) is 10.7. The molecule has 1 aromatic heterocycles. The first-order chi connectivity index (χ1) is 9.13. The molecule has 100 valence electrons. The summed E-state index contributed by atoms with van der Waals surface area (Å²) in [7, 11) is 0. The summed E-state index contributed by atoms with van der Waals surface area (Å²) in [5.41, 5.74) is 3.13. The molecule has 2 rings (SSSR count). The van der Waals surface area contributed by atoms with Crippen molar-refractivity contribution in [3.8, 4) is 0 Å². The molecule has 1 N–H and O–H groups in total. The van der Waals surface area contributed by atoms with E-state index in [0.29, 0.717) is 18.7 Å². The van der Waals surface area contributed by atoms with Crippen LogP contribution in [-0.2, 0) is 13.0 Å². The third kappa shape index (κ3) is 2.90. The van der Waals surface area contributed by atoms with Gasteiger partial charge < -0.3 is 9.67 Å². The molecule has 0 fully saturated rings. The molecule has 1 heterocycles. The number of nitrogens with zero attached hydrogens (tertiary/aromatic N) is 2. The minimum absolute atomic E-state index is 0.0466. The van der Waals surface area contributed by atoms with Crippen LogP contribution in [0.3, 0.4) is 0 Å². The van der Waals surface area contributed by atoms with E-state index in [1.807, 2.05) is 44.2 Å². The van der Waals surface area contributed by atoms with Gasteiger partial charge in [-0.15, -0.1) is 0 Å². The molecule has 4 nitrogen and oxygen atoms in total. The highest BCUT2D eigenvalue weighted by Crippen LogP contribution is 2.07. The highest BCUT2D eigenvalue weighted by atomic mass is 16.3. The van der Waals surface area contributed by atoms with E-state index in [2.05, 4.69) is 4.98 Å². The maximum atomic E-state index is 12.3. The maximum absolute atomic E-state index is 12.3. The number of hydrogen-bond donors (Lipinski definition) is 1. The zero-order valence-corrected chi connectivity index (χ0v) is 11.3. The molecule has 0 saturated heterocycles. The van der Waals surface area contributed by atoms with Gasteiger partial charge in [0.1, 0.15) is 5.69 Å². The zero-order chi connectivity index (χ0) is 13.8. The number of aliphatic hydroxyl groups is 1. The summed E-state index contributed by atoms with van der Waals surface area (Å²) < 4.78 is 1.60. The lowest BCUT2D eigenvalue weighted by molar-refractivity contribution is 0.272. The molecule has 4 heteroatoms. The largest absolute Gasteiger partial charge is 0.395 e. The molecule has 0 unspecified atom stereocenters. The van der Waals surface area contributed by atoms with E-state index >= 15 is 0 Å². The predicted molar refractivity (Wildman–Crippen MR) is 74.3 cm³/mol. The van der Waals surface area contributed by atoms with E-state index in [1.54, 1.807) is 4.57 Å². The van der Waals surface area contributed by atoms with Crippen molar-refractivity contribution in [3.63, 3.8) is 0 Å². The summed E-state index contributed by atoms with van der Waals surface area (Å²) in [5.74, 6) is 0.